The van der Waals surface area contributed by atoms with Crippen molar-refractivity contribution in [3.63, 3.8) is 0 Å². The van der Waals surface area contributed by atoms with Crippen LogP contribution in [0.2, 0.25) is 4.34 Å². The number of anilines is 2. The molecule has 0 aliphatic carbocycles. The summed E-state index contributed by atoms with van der Waals surface area (Å²) >= 11 is 7.17. The van der Waals surface area contributed by atoms with E-state index in [1.165, 1.54) is 17.5 Å². The van der Waals surface area contributed by atoms with Gasteiger partial charge < -0.3 is 14.4 Å². The zero-order valence-corrected chi connectivity index (χ0v) is 20.3. The number of hydrogen-bond donors (Lipinski definition) is 1. The number of aromatic nitrogens is 1. The van der Waals surface area contributed by atoms with E-state index < -0.39 is 0 Å². The predicted molar refractivity (Wildman–Crippen MR) is 132 cm³/mol. The van der Waals surface area contributed by atoms with E-state index in [0.29, 0.717) is 40.6 Å². The van der Waals surface area contributed by atoms with E-state index in [2.05, 4.69) is 10.3 Å². The van der Waals surface area contributed by atoms with E-state index in [9.17, 15) is 9.59 Å². The summed E-state index contributed by atoms with van der Waals surface area (Å²) in [7, 11) is 1.62. The number of carbonyl (C=O) groups excluding carboxylic acids is 2. The van der Waals surface area contributed by atoms with Crippen LogP contribution in [0.1, 0.15) is 18.9 Å². The zero-order valence-electron chi connectivity index (χ0n) is 18.7. The van der Waals surface area contributed by atoms with E-state index in [1.54, 1.807) is 18.9 Å². The van der Waals surface area contributed by atoms with Crippen LogP contribution in [-0.4, -0.2) is 48.6 Å². The highest BCUT2D eigenvalue weighted by Gasteiger charge is 2.49. The maximum absolute atomic E-state index is 13.2. The van der Waals surface area contributed by atoms with Gasteiger partial charge in [0.1, 0.15) is 21.6 Å². The number of ether oxygens (including phenoxy) is 2. The Morgan fingerprint density at radius 1 is 1.12 bits per heavy atom. The van der Waals surface area contributed by atoms with E-state index in [1.807, 2.05) is 47.4 Å². The number of benzene rings is 2. The van der Waals surface area contributed by atoms with Crippen LogP contribution in [0.5, 0.6) is 17.2 Å². The SMILES string of the molecule is COc1ccc(Oc2ccc3c(c2)C2(CCN(C(C)=O)C2)CN3C(=O)Nc2ncc(Cl)s2)cc1. The Hall–Kier alpha value is -3.30. The van der Waals surface area contributed by atoms with Crippen LogP contribution in [-0.2, 0) is 10.2 Å². The van der Waals surface area contributed by atoms with Gasteiger partial charge in [0.05, 0.1) is 13.3 Å². The van der Waals surface area contributed by atoms with Crippen molar-refractivity contribution in [2.45, 2.75) is 18.8 Å². The van der Waals surface area contributed by atoms with E-state index >= 15 is 0 Å². The molecule has 34 heavy (non-hydrogen) atoms. The second-order valence-corrected chi connectivity index (χ2v) is 10.1. The molecule has 2 aliphatic heterocycles. The van der Waals surface area contributed by atoms with Crippen LogP contribution in [0.4, 0.5) is 15.6 Å². The van der Waals surface area contributed by atoms with Crippen molar-refractivity contribution in [2.75, 3.05) is 37.0 Å². The molecule has 1 fully saturated rings. The van der Waals surface area contributed by atoms with Gasteiger partial charge in [-0.2, -0.15) is 0 Å². The number of thiazole rings is 1. The maximum atomic E-state index is 13.2. The molecule has 176 valence electrons. The summed E-state index contributed by atoms with van der Waals surface area (Å²) in [5.74, 6) is 2.13. The number of carbonyl (C=O) groups is 2. The minimum Gasteiger partial charge on any atom is -0.497 e. The summed E-state index contributed by atoms with van der Waals surface area (Å²) in [6.07, 6.45) is 2.27. The van der Waals surface area contributed by atoms with Crippen LogP contribution >= 0.6 is 22.9 Å². The third kappa shape index (κ3) is 4.17. The molecular formula is C24H23ClN4O4S. The Bertz CT molecular complexity index is 1250. The molecule has 3 amide bonds. The van der Waals surface area contributed by atoms with Gasteiger partial charge in [-0.15, -0.1) is 0 Å². The van der Waals surface area contributed by atoms with E-state index in [0.717, 1.165) is 23.4 Å². The van der Waals surface area contributed by atoms with Gasteiger partial charge in [0.2, 0.25) is 5.91 Å². The van der Waals surface area contributed by atoms with Gasteiger partial charge in [0, 0.05) is 37.7 Å². The molecule has 5 rings (SSSR count). The van der Waals surface area contributed by atoms with Crippen molar-refractivity contribution in [3.05, 3.63) is 58.6 Å². The first-order valence-electron chi connectivity index (χ1n) is 10.8. The molecule has 1 N–H and O–H groups in total. The van der Waals surface area contributed by atoms with Gasteiger partial charge in [-0.3, -0.25) is 15.0 Å². The fraction of sp³-hybridized carbons (Fsp3) is 0.292. The first kappa shape index (κ1) is 22.5. The van der Waals surface area contributed by atoms with Crippen molar-refractivity contribution in [3.8, 4) is 17.2 Å². The zero-order chi connectivity index (χ0) is 23.9. The van der Waals surface area contributed by atoms with Crippen LogP contribution in [0, 0.1) is 0 Å². The highest BCUT2D eigenvalue weighted by atomic mass is 35.5. The third-order valence-electron chi connectivity index (χ3n) is 6.32. The van der Waals surface area contributed by atoms with Crippen molar-refractivity contribution in [1.29, 1.82) is 0 Å². The number of amides is 3. The van der Waals surface area contributed by atoms with Crippen LogP contribution < -0.4 is 19.7 Å². The Labute approximate surface area is 206 Å². The average molecular weight is 499 g/mol. The quantitative estimate of drug-likeness (QED) is 0.538. The number of fused-ring (bicyclic) bond motifs is 2. The first-order chi connectivity index (χ1) is 16.4. The number of methoxy groups -OCH3 is 1. The molecule has 1 saturated heterocycles. The minimum absolute atomic E-state index is 0.0318. The molecule has 0 radical (unpaired) electrons. The van der Waals surface area contributed by atoms with Crippen molar-refractivity contribution >= 4 is 45.7 Å². The summed E-state index contributed by atoms with van der Waals surface area (Å²) < 4.78 is 11.8. The lowest BCUT2D eigenvalue weighted by Crippen LogP contribution is -2.41. The molecule has 1 aromatic heterocycles. The van der Waals surface area contributed by atoms with Crippen molar-refractivity contribution in [1.82, 2.24) is 9.88 Å². The van der Waals surface area contributed by atoms with E-state index in [4.69, 9.17) is 21.1 Å². The fourth-order valence-corrected chi connectivity index (χ4v) is 5.44. The van der Waals surface area contributed by atoms with Gasteiger partial charge in [-0.25, -0.2) is 9.78 Å². The predicted octanol–water partition coefficient (Wildman–Crippen LogP) is 5.14. The molecule has 2 aromatic carbocycles. The van der Waals surface area contributed by atoms with Crippen molar-refractivity contribution in [2.24, 2.45) is 0 Å². The Morgan fingerprint density at radius 2 is 1.85 bits per heavy atom. The number of halogens is 1. The van der Waals surface area contributed by atoms with E-state index in [-0.39, 0.29) is 17.4 Å². The fourth-order valence-electron chi connectivity index (χ4n) is 4.63. The molecule has 0 saturated carbocycles. The minimum atomic E-state index is -0.363. The second-order valence-electron chi connectivity index (χ2n) is 8.41. The molecule has 3 aromatic rings. The Balaban J connectivity index is 1.46. The molecule has 1 spiro atoms. The molecule has 1 atom stereocenters. The molecule has 3 heterocycles. The molecular weight excluding hydrogens is 476 g/mol. The number of rotatable bonds is 4. The lowest BCUT2D eigenvalue weighted by atomic mass is 9.81. The standard InChI is InChI=1S/C24H23ClN4O4S/c1-15(30)28-10-9-24(13-28)14-29(23(31)27-22-26-12-21(25)34-22)20-8-7-18(11-19(20)24)33-17-5-3-16(32-2)4-6-17/h3-8,11-12H,9-10,13-14H2,1-2H3,(H,26,27,31). The molecule has 1 unspecified atom stereocenters. The van der Waals surface area contributed by atoms with Crippen LogP contribution in [0.25, 0.3) is 0 Å². The summed E-state index contributed by atoms with van der Waals surface area (Å²) in [5.41, 5.74) is 1.43. The summed E-state index contributed by atoms with van der Waals surface area (Å²) in [5, 5.41) is 3.28. The number of urea groups is 1. The average Bonchev–Trinajstić information content (AvgIpc) is 3.53. The monoisotopic (exact) mass is 498 g/mol. The maximum Gasteiger partial charge on any atom is 0.328 e. The van der Waals surface area contributed by atoms with Gasteiger partial charge in [0.25, 0.3) is 0 Å². The Kier molecular flexibility index (Phi) is 5.83. The van der Waals surface area contributed by atoms with Crippen LogP contribution in [0.15, 0.2) is 48.7 Å². The van der Waals surface area contributed by atoms with Gasteiger partial charge in [-0.1, -0.05) is 22.9 Å². The molecule has 0 bridgehead atoms. The topological polar surface area (TPSA) is 84.0 Å². The highest BCUT2D eigenvalue weighted by Crippen LogP contribution is 2.48. The number of likely N-dealkylation sites (tertiary alicyclic amines) is 1. The Morgan fingerprint density at radius 3 is 2.50 bits per heavy atom. The normalized spacial score (nSPS) is 18.8. The second kappa shape index (κ2) is 8.81. The lowest BCUT2D eigenvalue weighted by Gasteiger charge is -2.25. The molecule has 2 aliphatic rings. The highest BCUT2D eigenvalue weighted by molar-refractivity contribution is 7.19. The lowest BCUT2D eigenvalue weighted by molar-refractivity contribution is -0.127. The number of hydrogen-bond acceptors (Lipinski definition) is 6. The number of nitrogens with zero attached hydrogens (tertiary/aromatic N) is 3. The van der Waals surface area contributed by atoms with Gasteiger partial charge in [-0.05, 0) is 54.4 Å². The smallest absolute Gasteiger partial charge is 0.328 e. The van der Waals surface area contributed by atoms with Crippen molar-refractivity contribution < 1.29 is 19.1 Å². The van der Waals surface area contributed by atoms with Gasteiger partial charge >= 0.3 is 6.03 Å². The third-order valence-corrected chi connectivity index (χ3v) is 7.35. The van der Waals surface area contributed by atoms with Gasteiger partial charge in [0.15, 0.2) is 5.13 Å². The molecule has 10 heteroatoms. The van der Waals surface area contributed by atoms with Crippen LogP contribution in [0.3, 0.4) is 0 Å². The largest absolute Gasteiger partial charge is 0.497 e. The summed E-state index contributed by atoms with van der Waals surface area (Å²) in [6.45, 7) is 3.24. The first-order valence-corrected chi connectivity index (χ1v) is 12.0. The summed E-state index contributed by atoms with van der Waals surface area (Å²) in [6, 6.07) is 12.8. The summed E-state index contributed by atoms with van der Waals surface area (Å²) in [4.78, 5) is 33.0. The molecule has 8 nitrogen and oxygen atoms in total. The number of nitrogens with one attached hydrogen (secondary N) is 1.